The van der Waals surface area contributed by atoms with E-state index in [-0.39, 0.29) is 30.6 Å². The van der Waals surface area contributed by atoms with Gasteiger partial charge in [-0.05, 0) is 61.6 Å². The van der Waals surface area contributed by atoms with E-state index < -0.39 is 0 Å². The highest BCUT2D eigenvalue weighted by molar-refractivity contribution is 6.30. The van der Waals surface area contributed by atoms with Crippen molar-refractivity contribution in [2.75, 3.05) is 13.1 Å². The predicted octanol–water partition coefficient (Wildman–Crippen LogP) is 4.70. The van der Waals surface area contributed by atoms with E-state index in [0.29, 0.717) is 5.56 Å². The Morgan fingerprint density at radius 2 is 1.69 bits per heavy atom. The van der Waals surface area contributed by atoms with Crippen LogP contribution in [0.1, 0.15) is 52.7 Å². The van der Waals surface area contributed by atoms with E-state index in [1.807, 2.05) is 44.2 Å². The van der Waals surface area contributed by atoms with Crippen molar-refractivity contribution < 1.29 is 9.59 Å². The smallest absolute Gasteiger partial charge is 0.220 e. The van der Waals surface area contributed by atoms with Crippen LogP contribution in [0.2, 0.25) is 5.02 Å². The van der Waals surface area contributed by atoms with Crippen LogP contribution in [0.3, 0.4) is 0 Å². The molecule has 0 radical (unpaired) electrons. The SMILES string of the molecule is Cc1ccc(C(=O)CCC(=O)NC2CCN(Cc3ccc(Cl)cc3)CC2)cc1C. The molecule has 4 nitrogen and oxygen atoms in total. The van der Waals surface area contributed by atoms with Crippen molar-refractivity contribution in [3.63, 3.8) is 0 Å². The molecule has 1 aliphatic heterocycles. The van der Waals surface area contributed by atoms with Crippen LogP contribution >= 0.6 is 11.6 Å². The van der Waals surface area contributed by atoms with Gasteiger partial charge in [0.25, 0.3) is 0 Å². The lowest BCUT2D eigenvalue weighted by Crippen LogP contribution is -2.44. The molecule has 1 heterocycles. The number of halogens is 1. The maximum absolute atomic E-state index is 12.3. The Morgan fingerprint density at radius 1 is 1.00 bits per heavy atom. The zero-order valence-electron chi connectivity index (χ0n) is 17.2. The van der Waals surface area contributed by atoms with E-state index in [0.717, 1.165) is 43.1 Å². The second-order valence-corrected chi connectivity index (χ2v) is 8.40. The molecule has 1 fully saturated rings. The third kappa shape index (κ3) is 6.41. The Labute approximate surface area is 178 Å². The van der Waals surface area contributed by atoms with Gasteiger partial charge in [0.2, 0.25) is 5.91 Å². The molecule has 0 unspecified atom stereocenters. The molecule has 1 saturated heterocycles. The molecular weight excluding hydrogens is 384 g/mol. The van der Waals surface area contributed by atoms with Gasteiger partial charge in [0.1, 0.15) is 0 Å². The topological polar surface area (TPSA) is 49.4 Å². The molecule has 0 bridgehead atoms. The number of carbonyl (C=O) groups excluding carboxylic acids is 2. The van der Waals surface area contributed by atoms with Crippen molar-refractivity contribution in [1.82, 2.24) is 10.2 Å². The molecule has 154 valence electrons. The van der Waals surface area contributed by atoms with Crippen LogP contribution in [0.25, 0.3) is 0 Å². The number of benzene rings is 2. The van der Waals surface area contributed by atoms with Gasteiger partial charge in [-0.15, -0.1) is 0 Å². The molecular formula is C24H29ClN2O2. The molecule has 0 atom stereocenters. The number of hydrogen-bond donors (Lipinski definition) is 1. The van der Waals surface area contributed by atoms with Gasteiger partial charge >= 0.3 is 0 Å². The van der Waals surface area contributed by atoms with E-state index >= 15 is 0 Å². The maximum atomic E-state index is 12.3. The van der Waals surface area contributed by atoms with Crippen molar-refractivity contribution in [2.45, 2.75) is 52.1 Å². The number of rotatable bonds is 7. The second kappa shape index (κ2) is 10.0. The van der Waals surface area contributed by atoms with Gasteiger partial charge in [-0.25, -0.2) is 0 Å². The highest BCUT2D eigenvalue weighted by Gasteiger charge is 2.21. The van der Waals surface area contributed by atoms with Crippen LogP contribution in [0.5, 0.6) is 0 Å². The molecule has 0 aliphatic carbocycles. The number of piperidine rings is 1. The second-order valence-electron chi connectivity index (χ2n) is 7.97. The number of Topliss-reactive ketones (excluding diaryl/α,β-unsaturated/α-hetero) is 1. The van der Waals surface area contributed by atoms with E-state index in [4.69, 9.17) is 11.6 Å². The number of carbonyl (C=O) groups is 2. The minimum atomic E-state index is -0.0293. The van der Waals surface area contributed by atoms with Gasteiger partial charge in [0.05, 0.1) is 0 Å². The number of ketones is 1. The largest absolute Gasteiger partial charge is 0.353 e. The summed E-state index contributed by atoms with van der Waals surface area (Å²) in [6.45, 7) is 6.84. The minimum absolute atomic E-state index is 0.0287. The van der Waals surface area contributed by atoms with Gasteiger partial charge in [0.15, 0.2) is 5.78 Å². The van der Waals surface area contributed by atoms with Crippen LogP contribution in [-0.2, 0) is 11.3 Å². The molecule has 1 N–H and O–H groups in total. The van der Waals surface area contributed by atoms with E-state index in [1.54, 1.807) is 0 Å². The Morgan fingerprint density at radius 3 is 2.34 bits per heavy atom. The molecule has 1 amide bonds. The summed E-state index contributed by atoms with van der Waals surface area (Å²) in [5.74, 6) is -0.000585. The van der Waals surface area contributed by atoms with Gasteiger partial charge < -0.3 is 5.32 Å². The van der Waals surface area contributed by atoms with Crippen molar-refractivity contribution in [3.05, 3.63) is 69.7 Å². The number of amides is 1. The number of nitrogens with zero attached hydrogens (tertiary/aromatic N) is 1. The lowest BCUT2D eigenvalue weighted by atomic mass is 10.0. The molecule has 0 aromatic heterocycles. The summed E-state index contributed by atoms with van der Waals surface area (Å²) in [5, 5.41) is 3.86. The van der Waals surface area contributed by atoms with Crippen molar-refractivity contribution in [2.24, 2.45) is 0 Å². The molecule has 29 heavy (non-hydrogen) atoms. The first-order chi connectivity index (χ1) is 13.9. The van der Waals surface area contributed by atoms with Gasteiger partial charge in [0, 0.05) is 49.1 Å². The highest BCUT2D eigenvalue weighted by atomic mass is 35.5. The lowest BCUT2D eigenvalue weighted by molar-refractivity contribution is -0.122. The first-order valence-electron chi connectivity index (χ1n) is 10.3. The Bertz CT molecular complexity index is 856. The summed E-state index contributed by atoms with van der Waals surface area (Å²) in [5.41, 5.74) is 4.21. The fourth-order valence-electron chi connectivity index (χ4n) is 3.67. The first kappa shape index (κ1) is 21.5. The molecule has 1 aliphatic rings. The van der Waals surface area contributed by atoms with Crippen LogP contribution < -0.4 is 5.32 Å². The molecule has 0 spiro atoms. The third-order valence-corrected chi connectivity index (χ3v) is 5.93. The van der Waals surface area contributed by atoms with Crippen LogP contribution in [0.4, 0.5) is 0 Å². The summed E-state index contributed by atoms with van der Waals surface area (Å²) in [6.07, 6.45) is 2.37. The first-order valence-corrected chi connectivity index (χ1v) is 10.6. The molecule has 5 heteroatoms. The zero-order chi connectivity index (χ0) is 20.8. The van der Waals surface area contributed by atoms with Crippen molar-refractivity contribution in [1.29, 1.82) is 0 Å². The normalized spacial score (nSPS) is 15.3. The summed E-state index contributed by atoms with van der Waals surface area (Å²) in [7, 11) is 0. The quantitative estimate of drug-likeness (QED) is 0.670. The zero-order valence-corrected chi connectivity index (χ0v) is 18.0. The van der Waals surface area contributed by atoms with E-state index in [1.165, 1.54) is 11.1 Å². The van der Waals surface area contributed by atoms with Gasteiger partial charge in [-0.3, -0.25) is 14.5 Å². The number of nitrogens with one attached hydrogen (secondary N) is 1. The third-order valence-electron chi connectivity index (χ3n) is 5.68. The molecule has 2 aromatic carbocycles. The fourth-order valence-corrected chi connectivity index (χ4v) is 3.80. The van der Waals surface area contributed by atoms with Crippen molar-refractivity contribution in [3.8, 4) is 0 Å². The van der Waals surface area contributed by atoms with Crippen LogP contribution in [0, 0.1) is 13.8 Å². The molecule has 2 aromatic rings. The lowest BCUT2D eigenvalue weighted by Gasteiger charge is -2.32. The Kier molecular flexibility index (Phi) is 7.45. The summed E-state index contributed by atoms with van der Waals surface area (Å²) < 4.78 is 0. The van der Waals surface area contributed by atoms with Gasteiger partial charge in [-0.2, -0.15) is 0 Å². The van der Waals surface area contributed by atoms with Gasteiger partial charge in [-0.1, -0.05) is 35.9 Å². The standard InChI is InChI=1S/C24H29ClN2O2/c1-17-3-6-20(15-18(17)2)23(28)9-10-24(29)26-22-11-13-27(14-12-22)16-19-4-7-21(25)8-5-19/h3-8,15,22H,9-14,16H2,1-2H3,(H,26,29). The minimum Gasteiger partial charge on any atom is -0.353 e. The Balaban J connectivity index is 1.38. The molecule has 0 saturated carbocycles. The predicted molar refractivity (Wildman–Crippen MR) is 117 cm³/mol. The molecule has 3 rings (SSSR count). The summed E-state index contributed by atoms with van der Waals surface area (Å²) in [6, 6.07) is 13.9. The maximum Gasteiger partial charge on any atom is 0.220 e. The number of hydrogen-bond acceptors (Lipinski definition) is 3. The highest BCUT2D eigenvalue weighted by Crippen LogP contribution is 2.17. The summed E-state index contributed by atoms with van der Waals surface area (Å²) >= 11 is 5.94. The van der Waals surface area contributed by atoms with E-state index in [2.05, 4.69) is 22.3 Å². The van der Waals surface area contributed by atoms with Crippen molar-refractivity contribution >= 4 is 23.3 Å². The van der Waals surface area contributed by atoms with Crippen LogP contribution in [0.15, 0.2) is 42.5 Å². The average Bonchev–Trinajstić information content (AvgIpc) is 2.71. The summed E-state index contributed by atoms with van der Waals surface area (Å²) in [4.78, 5) is 27.0. The number of aryl methyl sites for hydroxylation is 2. The monoisotopic (exact) mass is 412 g/mol. The van der Waals surface area contributed by atoms with Crippen LogP contribution in [-0.4, -0.2) is 35.7 Å². The number of likely N-dealkylation sites (tertiary alicyclic amines) is 1. The fraction of sp³-hybridized carbons (Fsp3) is 0.417. The Hall–Kier alpha value is -2.17. The van der Waals surface area contributed by atoms with E-state index in [9.17, 15) is 9.59 Å². The average molecular weight is 413 g/mol.